The Kier molecular flexibility index (Phi) is 6.88. The lowest BCUT2D eigenvalue weighted by molar-refractivity contribution is -0.384. The SMILES string of the molecule is O=C(CNC(=O)C1CCCCC1)N/N=C/c1ccc(Cl)c([N+](=O)[O-])c1. The Morgan fingerprint density at radius 3 is 2.72 bits per heavy atom. The number of rotatable bonds is 6. The van der Waals surface area contributed by atoms with Crippen molar-refractivity contribution < 1.29 is 14.5 Å². The highest BCUT2D eigenvalue weighted by atomic mass is 35.5. The van der Waals surface area contributed by atoms with E-state index in [2.05, 4.69) is 15.8 Å². The molecule has 0 saturated heterocycles. The lowest BCUT2D eigenvalue weighted by atomic mass is 9.89. The van der Waals surface area contributed by atoms with Gasteiger partial charge in [-0.2, -0.15) is 5.10 Å². The number of amides is 2. The first-order chi connectivity index (χ1) is 12.0. The van der Waals surface area contributed by atoms with Gasteiger partial charge in [0.2, 0.25) is 5.91 Å². The average molecular weight is 367 g/mol. The van der Waals surface area contributed by atoms with E-state index >= 15 is 0 Å². The smallest absolute Gasteiger partial charge is 0.288 e. The lowest BCUT2D eigenvalue weighted by Crippen LogP contribution is -2.38. The van der Waals surface area contributed by atoms with Crippen LogP contribution in [-0.4, -0.2) is 29.5 Å². The van der Waals surface area contributed by atoms with E-state index in [1.807, 2.05) is 0 Å². The van der Waals surface area contributed by atoms with Crippen molar-refractivity contribution in [2.45, 2.75) is 32.1 Å². The Labute approximate surface area is 149 Å². The van der Waals surface area contributed by atoms with Crippen LogP contribution in [0.4, 0.5) is 5.69 Å². The molecular weight excluding hydrogens is 348 g/mol. The summed E-state index contributed by atoms with van der Waals surface area (Å²) in [5.74, 6) is -0.587. The van der Waals surface area contributed by atoms with Crippen LogP contribution >= 0.6 is 11.6 Å². The highest BCUT2D eigenvalue weighted by Gasteiger charge is 2.21. The number of hydrogen-bond donors (Lipinski definition) is 2. The van der Waals surface area contributed by atoms with Crippen LogP contribution < -0.4 is 10.7 Å². The van der Waals surface area contributed by atoms with Gasteiger partial charge in [0.25, 0.3) is 11.6 Å². The molecule has 25 heavy (non-hydrogen) atoms. The number of nitrogens with zero attached hydrogens (tertiary/aromatic N) is 2. The number of carbonyl (C=O) groups excluding carboxylic acids is 2. The largest absolute Gasteiger partial charge is 0.347 e. The van der Waals surface area contributed by atoms with Gasteiger partial charge in [0.1, 0.15) is 5.02 Å². The predicted octanol–water partition coefficient (Wildman–Crippen LogP) is 2.39. The van der Waals surface area contributed by atoms with Gasteiger partial charge in [-0.05, 0) is 18.9 Å². The van der Waals surface area contributed by atoms with Gasteiger partial charge in [0.15, 0.2) is 0 Å². The number of hydrogen-bond acceptors (Lipinski definition) is 5. The summed E-state index contributed by atoms with van der Waals surface area (Å²) in [5.41, 5.74) is 2.45. The quantitative estimate of drug-likeness (QED) is 0.457. The van der Waals surface area contributed by atoms with E-state index in [1.165, 1.54) is 24.4 Å². The summed E-state index contributed by atoms with van der Waals surface area (Å²) in [5, 5.41) is 17.1. The third kappa shape index (κ3) is 5.82. The molecule has 8 nitrogen and oxygen atoms in total. The van der Waals surface area contributed by atoms with E-state index in [9.17, 15) is 19.7 Å². The van der Waals surface area contributed by atoms with Crippen LogP contribution in [0.1, 0.15) is 37.7 Å². The standard InChI is InChI=1S/C16H19ClN4O4/c17-13-7-6-11(8-14(13)21(24)25)9-19-20-15(22)10-18-16(23)12-4-2-1-3-5-12/h6-9,12H,1-5,10H2,(H,18,23)(H,20,22)/b19-9+. The Morgan fingerprint density at radius 1 is 1.32 bits per heavy atom. The molecule has 1 aliphatic carbocycles. The van der Waals surface area contributed by atoms with Gasteiger partial charge in [-0.3, -0.25) is 19.7 Å². The summed E-state index contributed by atoms with van der Waals surface area (Å²) < 4.78 is 0. The van der Waals surface area contributed by atoms with E-state index in [1.54, 1.807) is 0 Å². The first-order valence-electron chi connectivity index (χ1n) is 8.01. The van der Waals surface area contributed by atoms with Crippen LogP contribution in [0.15, 0.2) is 23.3 Å². The topological polar surface area (TPSA) is 114 Å². The molecule has 134 valence electrons. The number of benzene rings is 1. The van der Waals surface area contributed by atoms with Gasteiger partial charge in [0.05, 0.1) is 17.7 Å². The van der Waals surface area contributed by atoms with Crippen LogP contribution in [0.25, 0.3) is 0 Å². The molecule has 0 aromatic heterocycles. The maximum absolute atomic E-state index is 11.9. The predicted molar refractivity (Wildman–Crippen MR) is 93.4 cm³/mol. The van der Waals surface area contributed by atoms with Crippen molar-refractivity contribution in [1.82, 2.24) is 10.7 Å². The molecule has 1 aromatic rings. The number of carbonyl (C=O) groups is 2. The molecule has 1 aliphatic rings. The fourth-order valence-corrected chi connectivity index (χ4v) is 2.83. The maximum atomic E-state index is 11.9. The van der Waals surface area contributed by atoms with Gasteiger partial charge in [-0.15, -0.1) is 0 Å². The van der Waals surface area contributed by atoms with Crippen LogP contribution in [0.5, 0.6) is 0 Å². The first kappa shape index (κ1) is 18.9. The van der Waals surface area contributed by atoms with Crippen LogP contribution in [0, 0.1) is 16.0 Å². The third-order valence-corrected chi connectivity index (χ3v) is 4.29. The van der Waals surface area contributed by atoms with E-state index in [0.29, 0.717) is 5.56 Å². The summed E-state index contributed by atoms with van der Waals surface area (Å²) in [4.78, 5) is 33.8. The molecule has 0 unspecified atom stereocenters. The fourth-order valence-electron chi connectivity index (χ4n) is 2.64. The van der Waals surface area contributed by atoms with Crippen LogP contribution in [0.3, 0.4) is 0 Å². The van der Waals surface area contributed by atoms with Gasteiger partial charge >= 0.3 is 0 Å². The first-order valence-corrected chi connectivity index (χ1v) is 8.38. The van der Waals surface area contributed by atoms with E-state index < -0.39 is 10.8 Å². The second-order valence-corrected chi connectivity index (χ2v) is 6.22. The Hall–Kier alpha value is -2.48. The van der Waals surface area contributed by atoms with Crippen molar-refractivity contribution in [1.29, 1.82) is 0 Å². The van der Waals surface area contributed by atoms with Crippen molar-refractivity contribution in [3.63, 3.8) is 0 Å². The minimum absolute atomic E-state index is 0.0142. The minimum atomic E-state index is -0.598. The number of nitrogens with one attached hydrogen (secondary N) is 2. The molecule has 2 N–H and O–H groups in total. The Bertz CT molecular complexity index is 687. The van der Waals surface area contributed by atoms with E-state index in [-0.39, 0.29) is 29.1 Å². The summed E-state index contributed by atoms with van der Waals surface area (Å²) in [6, 6.07) is 4.17. The van der Waals surface area contributed by atoms with Gasteiger partial charge in [-0.1, -0.05) is 36.9 Å². The maximum Gasteiger partial charge on any atom is 0.288 e. The fraction of sp³-hybridized carbons (Fsp3) is 0.438. The highest BCUT2D eigenvalue weighted by Crippen LogP contribution is 2.24. The van der Waals surface area contributed by atoms with Gasteiger partial charge in [-0.25, -0.2) is 5.43 Å². The molecular formula is C16H19ClN4O4. The summed E-state index contributed by atoms with van der Waals surface area (Å²) in [6.07, 6.45) is 6.23. The molecule has 0 atom stereocenters. The average Bonchev–Trinajstić information content (AvgIpc) is 2.61. The highest BCUT2D eigenvalue weighted by molar-refractivity contribution is 6.32. The van der Waals surface area contributed by atoms with Crippen LogP contribution in [-0.2, 0) is 9.59 Å². The summed E-state index contributed by atoms with van der Waals surface area (Å²) in [6.45, 7) is -0.159. The molecule has 2 amide bonds. The van der Waals surface area contributed by atoms with Crippen molar-refractivity contribution >= 4 is 35.3 Å². The monoisotopic (exact) mass is 366 g/mol. The normalized spacial score (nSPS) is 15.1. The van der Waals surface area contributed by atoms with Crippen LogP contribution in [0.2, 0.25) is 5.02 Å². The number of halogens is 1. The molecule has 0 bridgehead atoms. The number of hydrazone groups is 1. The zero-order valence-corrected chi connectivity index (χ0v) is 14.3. The second kappa shape index (κ2) is 9.12. The summed E-state index contributed by atoms with van der Waals surface area (Å²) >= 11 is 5.71. The zero-order valence-electron chi connectivity index (χ0n) is 13.5. The lowest BCUT2D eigenvalue weighted by Gasteiger charge is -2.20. The zero-order chi connectivity index (χ0) is 18.2. The molecule has 0 heterocycles. The molecule has 2 rings (SSSR count). The third-order valence-electron chi connectivity index (χ3n) is 3.97. The molecule has 1 saturated carbocycles. The number of nitro benzene ring substituents is 1. The second-order valence-electron chi connectivity index (χ2n) is 5.81. The molecule has 0 aliphatic heterocycles. The Morgan fingerprint density at radius 2 is 2.04 bits per heavy atom. The number of nitro groups is 1. The minimum Gasteiger partial charge on any atom is -0.347 e. The van der Waals surface area contributed by atoms with Gasteiger partial charge in [0, 0.05) is 17.5 Å². The molecule has 9 heteroatoms. The van der Waals surface area contributed by atoms with Crippen molar-refractivity contribution in [2.75, 3.05) is 6.54 Å². The Balaban J connectivity index is 1.79. The molecule has 1 fully saturated rings. The van der Waals surface area contributed by atoms with Crippen molar-refractivity contribution in [3.05, 3.63) is 38.9 Å². The van der Waals surface area contributed by atoms with Crippen molar-refractivity contribution in [3.8, 4) is 0 Å². The molecule has 0 spiro atoms. The van der Waals surface area contributed by atoms with Crippen molar-refractivity contribution in [2.24, 2.45) is 11.0 Å². The van der Waals surface area contributed by atoms with E-state index in [4.69, 9.17) is 11.6 Å². The van der Waals surface area contributed by atoms with E-state index in [0.717, 1.165) is 32.1 Å². The molecule has 1 aromatic carbocycles. The summed E-state index contributed by atoms with van der Waals surface area (Å²) in [7, 11) is 0. The van der Waals surface area contributed by atoms with Gasteiger partial charge < -0.3 is 5.32 Å². The molecule has 0 radical (unpaired) electrons.